The standard InChI is InChI=1S/C13H16BrNO2/c1-13(12(16)17)6-8-15(9-7-13)11-4-2-10(14)3-5-11/h2-5H,6-9H2,1H3,(H,16,17). The molecule has 0 saturated carbocycles. The van der Waals surface area contributed by atoms with E-state index in [1.807, 2.05) is 19.1 Å². The number of hydrogen-bond donors (Lipinski definition) is 1. The molecule has 1 N–H and O–H groups in total. The first-order valence-corrected chi connectivity index (χ1v) is 6.54. The van der Waals surface area contributed by atoms with Gasteiger partial charge in [0.1, 0.15) is 0 Å². The van der Waals surface area contributed by atoms with E-state index < -0.39 is 11.4 Å². The molecule has 3 nitrogen and oxygen atoms in total. The van der Waals surface area contributed by atoms with Gasteiger partial charge < -0.3 is 10.0 Å². The van der Waals surface area contributed by atoms with Crippen molar-refractivity contribution in [3.05, 3.63) is 28.7 Å². The fraction of sp³-hybridized carbons (Fsp3) is 0.462. The SMILES string of the molecule is CC1(C(=O)O)CCN(c2ccc(Br)cc2)CC1. The van der Waals surface area contributed by atoms with E-state index in [4.69, 9.17) is 5.11 Å². The van der Waals surface area contributed by atoms with Crippen LogP contribution in [-0.2, 0) is 4.79 Å². The quantitative estimate of drug-likeness (QED) is 0.912. The highest BCUT2D eigenvalue weighted by atomic mass is 79.9. The minimum absolute atomic E-state index is 0.550. The summed E-state index contributed by atoms with van der Waals surface area (Å²) in [5, 5.41) is 9.17. The van der Waals surface area contributed by atoms with Crippen molar-refractivity contribution in [1.82, 2.24) is 0 Å². The number of anilines is 1. The van der Waals surface area contributed by atoms with Crippen molar-refractivity contribution in [2.75, 3.05) is 18.0 Å². The molecule has 0 unspecified atom stereocenters. The third kappa shape index (κ3) is 2.63. The normalized spacial score (nSPS) is 19.1. The van der Waals surface area contributed by atoms with E-state index in [-0.39, 0.29) is 0 Å². The van der Waals surface area contributed by atoms with Crippen LogP contribution >= 0.6 is 15.9 Å². The Morgan fingerprint density at radius 2 is 1.82 bits per heavy atom. The molecule has 1 fully saturated rings. The summed E-state index contributed by atoms with van der Waals surface area (Å²) in [4.78, 5) is 13.4. The molecule has 1 aromatic rings. The molecule has 0 radical (unpaired) electrons. The van der Waals surface area contributed by atoms with E-state index >= 15 is 0 Å². The number of carboxylic acids is 1. The van der Waals surface area contributed by atoms with Gasteiger partial charge in [-0.15, -0.1) is 0 Å². The number of hydrogen-bond acceptors (Lipinski definition) is 2. The monoisotopic (exact) mass is 297 g/mol. The Morgan fingerprint density at radius 3 is 2.29 bits per heavy atom. The molecular weight excluding hydrogens is 282 g/mol. The fourth-order valence-electron chi connectivity index (χ4n) is 2.12. The van der Waals surface area contributed by atoms with E-state index in [9.17, 15) is 4.79 Å². The highest BCUT2D eigenvalue weighted by Crippen LogP contribution is 2.33. The molecule has 1 aliphatic heterocycles. The topological polar surface area (TPSA) is 40.5 Å². The Labute approximate surface area is 110 Å². The van der Waals surface area contributed by atoms with Gasteiger partial charge in [0.15, 0.2) is 0 Å². The molecule has 92 valence electrons. The lowest BCUT2D eigenvalue weighted by molar-refractivity contribution is -0.149. The zero-order valence-corrected chi connectivity index (χ0v) is 11.4. The molecule has 1 aromatic carbocycles. The van der Waals surface area contributed by atoms with Gasteiger partial charge in [0.25, 0.3) is 0 Å². The predicted molar refractivity (Wildman–Crippen MR) is 71.3 cm³/mol. The van der Waals surface area contributed by atoms with E-state index in [2.05, 4.69) is 33.0 Å². The van der Waals surface area contributed by atoms with Crippen LogP contribution in [0.5, 0.6) is 0 Å². The Balaban J connectivity index is 2.04. The molecule has 4 heteroatoms. The molecule has 2 rings (SSSR count). The third-order valence-electron chi connectivity index (χ3n) is 3.58. The molecule has 1 aliphatic rings. The second-order valence-corrected chi connectivity index (χ2v) is 5.74. The van der Waals surface area contributed by atoms with Gasteiger partial charge in [0, 0.05) is 23.2 Å². The lowest BCUT2D eigenvalue weighted by Crippen LogP contribution is -2.42. The Kier molecular flexibility index (Phi) is 3.43. The lowest BCUT2D eigenvalue weighted by atomic mass is 9.80. The maximum Gasteiger partial charge on any atom is 0.309 e. The molecule has 0 bridgehead atoms. The first-order chi connectivity index (χ1) is 8.01. The number of piperidine rings is 1. The van der Waals surface area contributed by atoms with Crippen LogP contribution in [0, 0.1) is 5.41 Å². The van der Waals surface area contributed by atoms with Gasteiger partial charge in [-0.3, -0.25) is 4.79 Å². The highest BCUT2D eigenvalue weighted by molar-refractivity contribution is 9.10. The van der Waals surface area contributed by atoms with Crippen molar-refractivity contribution in [3.63, 3.8) is 0 Å². The molecule has 0 aromatic heterocycles. The van der Waals surface area contributed by atoms with Crippen molar-refractivity contribution in [1.29, 1.82) is 0 Å². The molecule has 17 heavy (non-hydrogen) atoms. The van der Waals surface area contributed by atoms with Gasteiger partial charge in [0.05, 0.1) is 5.41 Å². The minimum Gasteiger partial charge on any atom is -0.481 e. The maximum absolute atomic E-state index is 11.1. The van der Waals surface area contributed by atoms with Crippen molar-refractivity contribution in [3.8, 4) is 0 Å². The summed E-state index contributed by atoms with van der Waals surface area (Å²) in [5.41, 5.74) is 0.618. The van der Waals surface area contributed by atoms with Crippen LogP contribution in [0.3, 0.4) is 0 Å². The van der Waals surface area contributed by atoms with Gasteiger partial charge in [-0.25, -0.2) is 0 Å². The largest absolute Gasteiger partial charge is 0.481 e. The average Bonchev–Trinajstić information content (AvgIpc) is 2.31. The fourth-order valence-corrected chi connectivity index (χ4v) is 2.39. The van der Waals surface area contributed by atoms with Crippen LogP contribution in [0.4, 0.5) is 5.69 Å². The van der Waals surface area contributed by atoms with E-state index in [1.54, 1.807) is 0 Å². The van der Waals surface area contributed by atoms with E-state index in [0.717, 1.165) is 17.6 Å². The summed E-state index contributed by atoms with van der Waals surface area (Å²) in [6, 6.07) is 8.15. The summed E-state index contributed by atoms with van der Waals surface area (Å²) < 4.78 is 1.06. The Bertz CT molecular complexity index is 408. The number of carbonyl (C=O) groups is 1. The molecule has 0 spiro atoms. The van der Waals surface area contributed by atoms with Crippen LogP contribution in [0.1, 0.15) is 19.8 Å². The van der Waals surface area contributed by atoms with Crippen molar-refractivity contribution < 1.29 is 9.90 Å². The third-order valence-corrected chi connectivity index (χ3v) is 4.10. The number of carboxylic acid groups (broad SMARTS) is 1. The number of nitrogens with zero attached hydrogens (tertiary/aromatic N) is 1. The lowest BCUT2D eigenvalue weighted by Gasteiger charge is -2.37. The number of halogens is 1. The van der Waals surface area contributed by atoms with Crippen LogP contribution < -0.4 is 4.90 Å². The van der Waals surface area contributed by atoms with Gasteiger partial charge in [-0.05, 0) is 44.0 Å². The molecule has 1 saturated heterocycles. The van der Waals surface area contributed by atoms with Crippen LogP contribution in [0.15, 0.2) is 28.7 Å². The summed E-state index contributed by atoms with van der Waals surface area (Å²) in [6.07, 6.45) is 1.41. The van der Waals surface area contributed by atoms with Crippen molar-refractivity contribution in [2.45, 2.75) is 19.8 Å². The predicted octanol–water partition coefficient (Wildman–Crippen LogP) is 3.14. The summed E-state index contributed by atoms with van der Waals surface area (Å²) in [5.74, 6) is -0.673. The first-order valence-electron chi connectivity index (χ1n) is 5.75. The molecular formula is C13H16BrNO2. The minimum atomic E-state index is -0.673. The Hall–Kier alpha value is -1.03. The van der Waals surface area contributed by atoms with Gasteiger partial charge in [0.2, 0.25) is 0 Å². The smallest absolute Gasteiger partial charge is 0.309 e. The van der Waals surface area contributed by atoms with Gasteiger partial charge in [-0.1, -0.05) is 15.9 Å². The second kappa shape index (κ2) is 4.69. The zero-order valence-electron chi connectivity index (χ0n) is 9.82. The van der Waals surface area contributed by atoms with Crippen LogP contribution in [0.25, 0.3) is 0 Å². The van der Waals surface area contributed by atoms with E-state index in [1.165, 1.54) is 5.69 Å². The summed E-state index contributed by atoms with van der Waals surface area (Å²) in [6.45, 7) is 3.46. The van der Waals surface area contributed by atoms with Gasteiger partial charge >= 0.3 is 5.97 Å². The van der Waals surface area contributed by atoms with Crippen LogP contribution in [0.2, 0.25) is 0 Å². The number of benzene rings is 1. The summed E-state index contributed by atoms with van der Waals surface area (Å²) in [7, 11) is 0. The maximum atomic E-state index is 11.1. The van der Waals surface area contributed by atoms with E-state index in [0.29, 0.717) is 12.8 Å². The Morgan fingerprint density at radius 1 is 1.29 bits per heavy atom. The zero-order chi connectivity index (χ0) is 12.5. The molecule has 1 heterocycles. The number of rotatable bonds is 2. The van der Waals surface area contributed by atoms with Crippen molar-refractivity contribution >= 4 is 27.6 Å². The molecule has 0 atom stereocenters. The number of aliphatic carboxylic acids is 1. The highest BCUT2D eigenvalue weighted by Gasteiger charge is 2.36. The molecule has 0 aliphatic carbocycles. The van der Waals surface area contributed by atoms with Gasteiger partial charge in [-0.2, -0.15) is 0 Å². The second-order valence-electron chi connectivity index (χ2n) is 4.83. The van der Waals surface area contributed by atoms with Crippen LogP contribution in [-0.4, -0.2) is 24.2 Å². The molecule has 0 amide bonds. The average molecular weight is 298 g/mol. The first kappa shape index (κ1) is 12.4. The van der Waals surface area contributed by atoms with Crippen molar-refractivity contribution in [2.24, 2.45) is 5.41 Å². The summed E-state index contributed by atoms with van der Waals surface area (Å²) >= 11 is 3.41.